The summed E-state index contributed by atoms with van der Waals surface area (Å²) in [6.45, 7) is 0.412. The van der Waals surface area contributed by atoms with Crippen LogP contribution in [0.1, 0.15) is 15.9 Å². The first-order valence-electron chi connectivity index (χ1n) is 5.91. The number of halogens is 1. The van der Waals surface area contributed by atoms with E-state index in [0.29, 0.717) is 17.9 Å². The van der Waals surface area contributed by atoms with E-state index < -0.39 is 0 Å². The Balaban J connectivity index is 2.23. The van der Waals surface area contributed by atoms with Gasteiger partial charge in [0.2, 0.25) is 0 Å². The number of nitrogens with zero attached hydrogens (tertiary/aromatic N) is 1. The van der Waals surface area contributed by atoms with E-state index in [-0.39, 0.29) is 16.9 Å². The molecule has 1 aromatic heterocycles. The van der Waals surface area contributed by atoms with Crippen molar-refractivity contribution in [3.63, 3.8) is 0 Å². The maximum Gasteiger partial charge on any atom is 0.255 e. The summed E-state index contributed by atoms with van der Waals surface area (Å²) in [7, 11) is 1.60. The van der Waals surface area contributed by atoms with Gasteiger partial charge in [0, 0.05) is 23.9 Å². The Morgan fingerprint density at radius 2 is 2.15 bits per heavy atom. The molecule has 20 heavy (non-hydrogen) atoms. The lowest BCUT2D eigenvalue weighted by Crippen LogP contribution is -2.14. The summed E-state index contributed by atoms with van der Waals surface area (Å²) in [5.41, 5.74) is 7.50. The molecule has 2 rings (SSSR count). The number of pyridine rings is 1. The van der Waals surface area contributed by atoms with Crippen molar-refractivity contribution in [2.75, 3.05) is 18.2 Å². The van der Waals surface area contributed by atoms with Crippen LogP contribution in [0.2, 0.25) is 5.15 Å². The monoisotopic (exact) mass is 291 g/mol. The van der Waals surface area contributed by atoms with E-state index in [1.165, 1.54) is 12.1 Å². The molecule has 6 heteroatoms. The number of amides is 1. The lowest BCUT2D eigenvalue weighted by molar-refractivity contribution is 0.102. The molecule has 104 valence electrons. The number of para-hydroxylation sites is 1. The number of methoxy groups -OCH3 is 1. The van der Waals surface area contributed by atoms with Crippen LogP contribution in [0, 0.1) is 0 Å². The lowest BCUT2D eigenvalue weighted by Gasteiger charge is -2.10. The molecule has 1 amide bonds. The number of anilines is 2. The summed E-state index contributed by atoms with van der Waals surface area (Å²) >= 11 is 5.79. The van der Waals surface area contributed by atoms with Gasteiger partial charge < -0.3 is 15.8 Å². The zero-order valence-electron chi connectivity index (χ0n) is 10.9. The van der Waals surface area contributed by atoms with E-state index in [4.69, 9.17) is 22.1 Å². The number of carbonyl (C=O) groups is 1. The van der Waals surface area contributed by atoms with Gasteiger partial charge in [-0.15, -0.1) is 0 Å². The molecule has 0 aliphatic carbocycles. The average Bonchev–Trinajstić information content (AvgIpc) is 2.40. The maximum absolute atomic E-state index is 12.2. The number of hydrogen-bond acceptors (Lipinski definition) is 4. The molecular formula is C14H14ClN3O2. The minimum atomic E-state index is -0.301. The van der Waals surface area contributed by atoms with Gasteiger partial charge in [-0.2, -0.15) is 0 Å². The standard InChI is InChI=1S/C14H14ClN3O2/c1-20-8-9-4-2-3-5-11(9)17-14(19)10-6-12(15)18-13(16)7-10/h2-7H,8H2,1H3,(H2,16,18)(H,17,19). The predicted octanol–water partition coefficient (Wildman–Crippen LogP) is 2.72. The van der Waals surface area contributed by atoms with Crippen LogP contribution in [-0.2, 0) is 11.3 Å². The third-order valence-corrected chi connectivity index (χ3v) is 2.84. The number of rotatable bonds is 4. The van der Waals surface area contributed by atoms with Crippen molar-refractivity contribution < 1.29 is 9.53 Å². The number of benzene rings is 1. The average molecular weight is 292 g/mol. The molecule has 1 aromatic carbocycles. The van der Waals surface area contributed by atoms with Crippen LogP contribution in [0.15, 0.2) is 36.4 Å². The Morgan fingerprint density at radius 1 is 1.40 bits per heavy atom. The molecule has 1 heterocycles. The number of nitrogens with one attached hydrogen (secondary N) is 1. The first kappa shape index (κ1) is 14.3. The molecule has 0 bridgehead atoms. The summed E-state index contributed by atoms with van der Waals surface area (Å²) in [5.74, 6) is -0.0996. The second-order valence-corrected chi connectivity index (χ2v) is 4.53. The van der Waals surface area contributed by atoms with E-state index in [1.807, 2.05) is 18.2 Å². The van der Waals surface area contributed by atoms with Crippen LogP contribution in [0.5, 0.6) is 0 Å². The highest BCUT2D eigenvalue weighted by Crippen LogP contribution is 2.18. The van der Waals surface area contributed by atoms with Crippen molar-refractivity contribution in [1.82, 2.24) is 4.98 Å². The second-order valence-electron chi connectivity index (χ2n) is 4.15. The fourth-order valence-corrected chi connectivity index (χ4v) is 1.98. The smallest absolute Gasteiger partial charge is 0.255 e. The van der Waals surface area contributed by atoms with E-state index >= 15 is 0 Å². The maximum atomic E-state index is 12.2. The quantitative estimate of drug-likeness (QED) is 0.849. The molecule has 5 nitrogen and oxygen atoms in total. The SMILES string of the molecule is COCc1ccccc1NC(=O)c1cc(N)nc(Cl)c1. The summed E-state index contributed by atoms with van der Waals surface area (Å²) in [5, 5.41) is 2.99. The van der Waals surface area contributed by atoms with Gasteiger partial charge in [0.25, 0.3) is 5.91 Å². The van der Waals surface area contributed by atoms with Gasteiger partial charge in [-0.3, -0.25) is 4.79 Å². The van der Waals surface area contributed by atoms with Gasteiger partial charge in [-0.25, -0.2) is 4.98 Å². The molecule has 0 atom stereocenters. The van der Waals surface area contributed by atoms with Gasteiger partial charge in [-0.05, 0) is 18.2 Å². The van der Waals surface area contributed by atoms with Crippen molar-refractivity contribution in [1.29, 1.82) is 0 Å². The molecule has 2 aromatic rings. The molecule has 0 spiro atoms. The highest BCUT2D eigenvalue weighted by Gasteiger charge is 2.10. The molecule has 0 aliphatic rings. The van der Waals surface area contributed by atoms with E-state index in [0.717, 1.165) is 5.56 Å². The highest BCUT2D eigenvalue weighted by molar-refractivity contribution is 6.30. The molecule has 0 fully saturated rings. The molecule has 0 saturated carbocycles. The summed E-state index contributed by atoms with van der Waals surface area (Å²) in [6, 6.07) is 10.3. The Hall–Kier alpha value is -2.11. The zero-order chi connectivity index (χ0) is 14.5. The fourth-order valence-electron chi connectivity index (χ4n) is 1.77. The number of ether oxygens (including phenoxy) is 1. The van der Waals surface area contributed by atoms with Crippen molar-refractivity contribution in [3.05, 3.63) is 52.7 Å². The molecule has 0 radical (unpaired) electrons. The van der Waals surface area contributed by atoms with Gasteiger partial charge >= 0.3 is 0 Å². The fraction of sp³-hybridized carbons (Fsp3) is 0.143. The number of nitrogen functional groups attached to an aromatic ring is 1. The van der Waals surface area contributed by atoms with Crippen molar-refractivity contribution in [2.45, 2.75) is 6.61 Å². The minimum absolute atomic E-state index is 0.181. The van der Waals surface area contributed by atoms with Crippen LogP contribution in [0.4, 0.5) is 11.5 Å². The van der Waals surface area contributed by atoms with E-state index in [2.05, 4.69) is 10.3 Å². The third kappa shape index (κ3) is 3.46. The van der Waals surface area contributed by atoms with Gasteiger partial charge in [0.15, 0.2) is 0 Å². The number of nitrogens with two attached hydrogens (primary N) is 1. The van der Waals surface area contributed by atoms with Gasteiger partial charge in [0.05, 0.1) is 6.61 Å². The van der Waals surface area contributed by atoms with Crippen LogP contribution in [-0.4, -0.2) is 18.0 Å². The molecule has 0 aliphatic heterocycles. The van der Waals surface area contributed by atoms with Crippen molar-refractivity contribution in [2.24, 2.45) is 0 Å². The largest absolute Gasteiger partial charge is 0.384 e. The molecular weight excluding hydrogens is 278 g/mol. The predicted molar refractivity (Wildman–Crippen MR) is 78.8 cm³/mol. The van der Waals surface area contributed by atoms with Crippen molar-refractivity contribution >= 4 is 29.0 Å². The molecule has 3 N–H and O–H groups in total. The van der Waals surface area contributed by atoms with Crippen LogP contribution < -0.4 is 11.1 Å². The first-order valence-corrected chi connectivity index (χ1v) is 6.29. The van der Waals surface area contributed by atoms with E-state index in [1.54, 1.807) is 13.2 Å². The lowest BCUT2D eigenvalue weighted by atomic mass is 10.1. The van der Waals surface area contributed by atoms with Gasteiger partial charge in [-0.1, -0.05) is 29.8 Å². The Bertz CT molecular complexity index is 611. The summed E-state index contributed by atoms with van der Waals surface area (Å²) in [6.07, 6.45) is 0. The first-order chi connectivity index (χ1) is 9.60. The number of aromatic nitrogens is 1. The number of hydrogen-bond donors (Lipinski definition) is 2. The van der Waals surface area contributed by atoms with Crippen LogP contribution >= 0.6 is 11.6 Å². The molecule has 0 saturated heterocycles. The normalized spacial score (nSPS) is 10.3. The Kier molecular flexibility index (Phi) is 4.55. The Morgan fingerprint density at radius 3 is 2.85 bits per heavy atom. The highest BCUT2D eigenvalue weighted by atomic mass is 35.5. The summed E-state index contributed by atoms with van der Waals surface area (Å²) < 4.78 is 5.09. The number of carbonyl (C=O) groups excluding carboxylic acids is 1. The van der Waals surface area contributed by atoms with Crippen LogP contribution in [0.3, 0.4) is 0 Å². The molecule has 0 unspecified atom stereocenters. The minimum Gasteiger partial charge on any atom is -0.384 e. The third-order valence-electron chi connectivity index (χ3n) is 2.64. The van der Waals surface area contributed by atoms with Gasteiger partial charge in [0.1, 0.15) is 11.0 Å². The van der Waals surface area contributed by atoms with Crippen LogP contribution in [0.25, 0.3) is 0 Å². The zero-order valence-corrected chi connectivity index (χ0v) is 11.6. The second kappa shape index (κ2) is 6.36. The topological polar surface area (TPSA) is 77.2 Å². The summed E-state index contributed by atoms with van der Waals surface area (Å²) in [4.78, 5) is 16.0. The van der Waals surface area contributed by atoms with E-state index in [9.17, 15) is 4.79 Å². The van der Waals surface area contributed by atoms with Crippen molar-refractivity contribution in [3.8, 4) is 0 Å². The Labute approximate surface area is 121 Å².